The molecule has 2 aromatic carbocycles. The highest BCUT2D eigenvalue weighted by Gasteiger charge is 2.20. The van der Waals surface area contributed by atoms with Crippen LogP contribution in [0.5, 0.6) is 11.5 Å². The Morgan fingerprint density at radius 2 is 1.92 bits per heavy atom. The van der Waals surface area contributed by atoms with Crippen LogP contribution < -0.4 is 14.8 Å². The highest BCUT2D eigenvalue weighted by atomic mass is 16.6. The summed E-state index contributed by atoms with van der Waals surface area (Å²) in [5.41, 5.74) is 0.320. The van der Waals surface area contributed by atoms with Crippen molar-refractivity contribution in [1.82, 2.24) is 5.32 Å². The molecule has 1 aliphatic rings. The second kappa shape index (κ2) is 7.48. The molecule has 128 valence electrons. The van der Waals surface area contributed by atoms with E-state index in [9.17, 15) is 14.9 Å². The molecule has 0 bridgehead atoms. The molecule has 0 spiro atoms. The molecule has 0 saturated heterocycles. The van der Waals surface area contributed by atoms with Crippen LogP contribution in [0.2, 0.25) is 0 Å². The second-order valence-corrected chi connectivity index (χ2v) is 5.39. The van der Waals surface area contributed by atoms with Crippen molar-refractivity contribution in [3.63, 3.8) is 0 Å². The molecular weight excluding hydrogens is 324 g/mol. The number of amides is 1. The van der Waals surface area contributed by atoms with Crippen molar-refractivity contribution < 1.29 is 19.2 Å². The van der Waals surface area contributed by atoms with Gasteiger partial charge < -0.3 is 14.8 Å². The molecule has 7 heteroatoms. The SMILES string of the molecule is O=C(C=Cc1ccccc1[N+](=O)[O-])NCC1COc2ccccc2O1. The minimum Gasteiger partial charge on any atom is -0.486 e. The molecular formula is C18H16N2O5. The van der Waals surface area contributed by atoms with Crippen LogP contribution in [-0.4, -0.2) is 30.1 Å². The van der Waals surface area contributed by atoms with E-state index in [4.69, 9.17) is 9.47 Å². The molecule has 0 fully saturated rings. The molecule has 2 aromatic rings. The fraction of sp³-hybridized carbons (Fsp3) is 0.167. The Balaban J connectivity index is 1.55. The van der Waals surface area contributed by atoms with Crippen LogP contribution in [-0.2, 0) is 4.79 Å². The molecule has 1 aliphatic heterocycles. The van der Waals surface area contributed by atoms with Gasteiger partial charge in [0, 0.05) is 12.1 Å². The number of fused-ring (bicyclic) bond motifs is 1. The topological polar surface area (TPSA) is 90.7 Å². The number of nitrogens with zero attached hydrogens (tertiary/aromatic N) is 1. The minimum absolute atomic E-state index is 0.0489. The molecule has 1 N–H and O–H groups in total. The molecule has 0 saturated carbocycles. The third kappa shape index (κ3) is 4.14. The van der Waals surface area contributed by atoms with Crippen molar-refractivity contribution in [2.24, 2.45) is 0 Å². The molecule has 1 unspecified atom stereocenters. The number of para-hydroxylation sites is 3. The summed E-state index contributed by atoms with van der Waals surface area (Å²) in [6, 6.07) is 13.6. The Hall–Kier alpha value is -3.35. The fourth-order valence-electron chi connectivity index (χ4n) is 2.40. The molecule has 1 heterocycles. The van der Waals surface area contributed by atoms with Crippen molar-refractivity contribution in [3.8, 4) is 11.5 Å². The Bertz CT molecular complexity index is 819. The lowest BCUT2D eigenvalue weighted by Crippen LogP contribution is -2.40. The average Bonchev–Trinajstić information content (AvgIpc) is 2.64. The molecule has 3 rings (SSSR count). The van der Waals surface area contributed by atoms with E-state index in [-0.39, 0.29) is 24.2 Å². The van der Waals surface area contributed by atoms with Crippen molar-refractivity contribution in [3.05, 3.63) is 70.3 Å². The normalized spacial score (nSPS) is 15.8. The molecule has 0 radical (unpaired) electrons. The van der Waals surface area contributed by atoms with Crippen LogP contribution in [0.3, 0.4) is 0 Å². The Morgan fingerprint density at radius 1 is 1.20 bits per heavy atom. The number of nitrogens with one attached hydrogen (secondary N) is 1. The molecule has 0 aromatic heterocycles. The van der Waals surface area contributed by atoms with Gasteiger partial charge in [0.25, 0.3) is 5.69 Å². The summed E-state index contributed by atoms with van der Waals surface area (Å²) in [5.74, 6) is 0.963. The van der Waals surface area contributed by atoms with Crippen LogP contribution in [0.1, 0.15) is 5.56 Å². The lowest BCUT2D eigenvalue weighted by molar-refractivity contribution is -0.385. The van der Waals surface area contributed by atoms with Gasteiger partial charge >= 0.3 is 0 Å². The van der Waals surface area contributed by atoms with Crippen LogP contribution >= 0.6 is 0 Å². The molecule has 1 atom stereocenters. The van der Waals surface area contributed by atoms with Gasteiger partial charge in [-0.15, -0.1) is 0 Å². The van der Waals surface area contributed by atoms with Gasteiger partial charge in [-0.2, -0.15) is 0 Å². The number of ether oxygens (including phenoxy) is 2. The number of rotatable bonds is 5. The number of hydrogen-bond acceptors (Lipinski definition) is 5. The summed E-state index contributed by atoms with van der Waals surface area (Å²) in [6.45, 7) is 0.611. The van der Waals surface area contributed by atoms with Crippen molar-refractivity contribution in [1.29, 1.82) is 0 Å². The fourth-order valence-corrected chi connectivity index (χ4v) is 2.40. The number of benzene rings is 2. The minimum atomic E-state index is -0.484. The number of nitro groups is 1. The summed E-state index contributed by atoms with van der Waals surface area (Å²) >= 11 is 0. The van der Waals surface area contributed by atoms with E-state index in [0.29, 0.717) is 23.7 Å². The smallest absolute Gasteiger partial charge is 0.276 e. The standard InChI is InChI=1S/C18H16N2O5/c21-18(10-9-13-5-1-2-6-15(13)20(22)23)19-11-14-12-24-16-7-3-4-8-17(16)25-14/h1-10,14H,11-12H2,(H,19,21). The Kier molecular flexibility index (Phi) is 4.94. The number of carbonyl (C=O) groups excluding carboxylic acids is 1. The maximum Gasteiger partial charge on any atom is 0.276 e. The van der Waals surface area contributed by atoms with E-state index in [1.165, 1.54) is 18.2 Å². The van der Waals surface area contributed by atoms with E-state index < -0.39 is 4.92 Å². The van der Waals surface area contributed by atoms with Gasteiger partial charge in [-0.1, -0.05) is 24.3 Å². The first-order chi connectivity index (χ1) is 12.1. The summed E-state index contributed by atoms with van der Waals surface area (Å²) in [5, 5.41) is 13.6. The number of hydrogen-bond donors (Lipinski definition) is 1. The maximum atomic E-state index is 11.9. The lowest BCUT2D eigenvalue weighted by Gasteiger charge is -2.26. The first-order valence-electron chi connectivity index (χ1n) is 7.71. The monoisotopic (exact) mass is 340 g/mol. The quantitative estimate of drug-likeness (QED) is 0.513. The number of carbonyl (C=O) groups is 1. The first-order valence-corrected chi connectivity index (χ1v) is 7.71. The molecule has 7 nitrogen and oxygen atoms in total. The third-order valence-electron chi connectivity index (χ3n) is 3.62. The second-order valence-electron chi connectivity index (χ2n) is 5.39. The van der Waals surface area contributed by atoms with Crippen molar-refractivity contribution in [2.75, 3.05) is 13.2 Å². The van der Waals surface area contributed by atoms with Crippen LogP contribution in [0.25, 0.3) is 6.08 Å². The largest absolute Gasteiger partial charge is 0.486 e. The van der Waals surface area contributed by atoms with E-state index in [1.54, 1.807) is 24.3 Å². The van der Waals surface area contributed by atoms with Gasteiger partial charge in [-0.3, -0.25) is 14.9 Å². The highest BCUT2D eigenvalue weighted by Crippen LogP contribution is 2.30. The van der Waals surface area contributed by atoms with Gasteiger partial charge in [0.1, 0.15) is 12.7 Å². The van der Waals surface area contributed by atoms with Crippen molar-refractivity contribution in [2.45, 2.75) is 6.10 Å². The molecule has 0 aliphatic carbocycles. The predicted octanol–water partition coefficient (Wildman–Crippen LogP) is 2.56. The van der Waals surface area contributed by atoms with Gasteiger partial charge in [0.05, 0.1) is 17.0 Å². The van der Waals surface area contributed by atoms with E-state index in [0.717, 1.165) is 0 Å². The van der Waals surface area contributed by atoms with E-state index in [1.807, 2.05) is 18.2 Å². The number of nitro benzene ring substituents is 1. The van der Waals surface area contributed by atoms with E-state index in [2.05, 4.69) is 5.32 Å². The zero-order valence-electron chi connectivity index (χ0n) is 13.3. The van der Waals surface area contributed by atoms with Gasteiger partial charge in [-0.25, -0.2) is 0 Å². The molecule has 25 heavy (non-hydrogen) atoms. The zero-order chi connectivity index (χ0) is 17.6. The van der Waals surface area contributed by atoms with Crippen LogP contribution in [0.15, 0.2) is 54.6 Å². The Morgan fingerprint density at radius 3 is 2.72 bits per heavy atom. The van der Waals surface area contributed by atoms with Crippen LogP contribution in [0, 0.1) is 10.1 Å². The average molecular weight is 340 g/mol. The van der Waals surface area contributed by atoms with Crippen molar-refractivity contribution >= 4 is 17.7 Å². The summed E-state index contributed by atoms with van der Waals surface area (Å²) in [7, 11) is 0. The predicted molar refractivity (Wildman–Crippen MR) is 91.5 cm³/mol. The third-order valence-corrected chi connectivity index (χ3v) is 3.62. The van der Waals surface area contributed by atoms with Crippen LogP contribution in [0.4, 0.5) is 5.69 Å². The van der Waals surface area contributed by atoms with Gasteiger partial charge in [-0.05, 0) is 24.3 Å². The summed E-state index contributed by atoms with van der Waals surface area (Å²) in [4.78, 5) is 22.4. The molecule has 1 amide bonds. The highest BCUT2D eigenvalue weighted by molar-refractivity contribution is 5.92. The van der Waals surface area contributed by atoms with Gasteiger partial charge in [0.2, 0.25) is 5.91 Å². The maximum absolute atomic E-state index is 11.9. The van der Waals surface area contributed by atoms with E-state index >= 15 is 0 Å². The lowest BCUT2D eigenvalue weighted by atomic mass is 10.1. The summed E-state index contributed by atoms with van der Waals surface area (Å²) in [6.07, 6.45) is 2.39. The first kappa shape index (κ1) is 16.5. The Labute approximate surface area is 144 Å². The summed E-state index contributed by atoms with van der Waals surface area (Å²) < 4.78 is 11.3. The zero-order valence-corrected chi connectivity index (χ0v) is 13.3. The van der Waals surface area contributed by atoms with Gasteiger partial charge in [0.15, 0.2) is 11.5 Å².